The number of rotatable bonds is 8. The van der Waals surface area contributed by atoms with Crippen LogP contribution in [-0.4, -0.2) is 49.3 Å². The molecule has 1 aliphatic rings. The van der Waals surface area contributed by atoms with Crippen LogP contribution in [0.2, 0.25) is 0 Å². The van der Waals surface area contributed by atoms with E-state index in [2.05, 4.69) is 57.2 Å². The molecule has 0 radical (unpaired) electrons. The van der Waals surface area contributed by atoms with Gasteiger partial charge in [0, 0.05) is 18.3 Å². The average Bonchev–Trinajstić information content (AvgIpc) is 3.43. The molecule has 1 aliphatic heterocycles. The molecule has 0 spiro atoms. The van der Waals surface area contributed by atoms with Gasteiger partial charge < -0.3 is 10.5 Å². The third-order valence-electron chi connectivity index (χ3n) is 5.33. The normalized spacial score (nSPS) is 16.3. The average molecular weight is 404 g/mol. The van der Waals surface area contributed by atoms with Gasteiger partial charge in [-0.2, -0.15) is 5.21 Å². The highest BCUT2D eigenvalue weighted by molar-refractivity contribution is 5.88. The number of aromatic amines is 1. The summed E-state index contributed by atoms with van der Waals surface area (Å²) in [5.41, 5.74) is 7.57. The molecule has 4 rings (SSSR count). The van der Waals surface area contributed by atoms with Crippen molar-refractivity contribution >= 4 is 5.97 Å². The molecule has 8 nitrogen and oxygen atoms in total. The van der Waals surface area contributed by atoms with Crippen LogP contribution in [0.1, 0.15) is 25.3 Å². The first kappa shape index (κ1) is 19.8. The zero-order valence-electron chi connectivity index (χ0n) is 16.7. The maximum absolute atomic E-state index is 11.7. The summed E-state index contributed by atoms with van der Waals surface area (Å²) < 4.78 is 0. The van der Waals surface area contributed by atoms with Crippen LogP contribution in [0, 0.1) is 0 Å². The number of hydrazine groups is 1. The molecule has 0 aliphatic carbocycles. The van der Waals surface area contributed by atoms with Crippen molar-refractivity contribution in [3.05, 3.63) is 65.9 Å². The van der Waals surface area contributed by atoms with E-state index in [1.54, 1.807) is 6.20 Å². The van der Waals surface area contributed by atoms with E-state index >= 15 is 0 Å². The molecule has 3 N–H and O–H groups in total. The second-order valence-electron chi connectivity index (χ2n) is 7.28. The summed E-state index contributed by atoms with van der Waals surface area (Å²) in [7, 11) is 0. The molecule has 3 aromatic rings. The van der Waals surface area contributed by atoms with E-state index in [4.69, 9.17) is 0 Å². The lowest BCUT2D eigenvalue weighted by Crippen LogP contribution is -2.41. The van der Waals surface area contributed by atoms with Gasteiger partial charge >= 0.3 is 5.97 Å². The summed E-state index contributed by atoms with van der Waals surface area (Å²) in [5, 5.41) is 25.9. The van der Waals surface area contributed by atoms with Gasteiger partial charge in [0.1, 0.15) is 0 Å². The lowest BCUT2D eigenvalue weighted by atomic mass is 9.95. The number of nitrogens with zero attached hydrogens (tertiary/aromatic N) is 4. The molecule has 1 atom stereocenters. The number of benzene rings is 2. The number of nitrogens with one attached hydrogen (secondary N) is 2. The fraction of sp³-hybridized carbons (Fsp3) is 0.273. The summed E-state index contributed by atoms with van der Waals surface area (Å²) in [6.45, 7) is 2.94. The highest BCUT2D eigenvalue weighted by Gasteiger charge is 2.31. The van der Waals surface area contributed by atoms with Crippen LogP contribution < -0.4 is 5.43 Å². The molecule has 1 unspecified atom stereocenters. The molecule has 2 aromatic carbocycles. The van der Waals surface area contributed by atoms with Crippen LogP contribution in [0.25, 0.3) is 22.5 Å². The minimum Gasteiger partial charge on any atom is -0.478 e. The van der Waals surface area contributed by atoms with Crippen molar-refractivity contribution in [3.63, 3.8) is 0 Å². The van der Waals surface area contributed by atoms with Gasteiger partial charge in [0.05, 0.1) is 11.6 Å². The van der Waals surface area contributed by atoms with Crippen LogP contribution in [-0.2, 0) is 11.2 Å². The Morgan fingerprint density at radius 1 is 1.13 bits per heavy atom. The summed E-state index contributed by atoms with van der Waals surface area (Å²) in [5.74, 6) is -0.327. The second-order valence-corrected chi connectivity index (χ2v) is 7.28. The number of carboxylic acids is 1. The van der Waals surface area contributed by atoms with Crippen LogP contribution >= 0.6 is 0 Å². The first-order chi connectivity index (χ1) is 14.7. The third kappa shape index (κ3) is 4.08. The number of aromatic nitrogens is 4. The Morgan fingerprint density at radius 3 is 2.57 bits per heavy atom. The van der Waals surface area contributed by atoms with Crippen LogP contribution in [0.3, 0.4) is 0 Å². The first-order valence-electron chi connectivity index (χ1n) is 10.1. The van der Waals surface area contributed by atoms with E-state index < -0.39 is 5.97 Å². The zero-order chi connectivity index (χ0) is 20.9. The Bertz CT molecular complexity index is 1030. The lowest BCUT2D eigenvalue weighted by Gasteiger charge is -2.25. The van der Waals surface area contributed by atoms with E-state index in [1.807, 2.05) is 29.3 Å². The molecule has 30 heavy (non-hydrogen) atoms. The highest BCUT2D eigenvalue weighted by Crippen LogP contribution is 2.30. The van der Waals surface area contributed by atoms with E-state index in [-0.39, 0.29) is 6.04 Å². The Morgan fingerprint density at radius 2 is 1.90 bits per heavy atom. The van der Waals surface area contributed by atoms with E-state index in [1.165, 1.54) is 0 Å². The summed E-state index contributed by atoms with van der Waals surface area (Å²) in [6.07, 6.45) is 4.30. The second kappa shape index (κ2) is 8.87. The number of tetrazole rings is 1. The first-order valence-corrected chi connectivity index (χ1v) is 10.1. The van der Waals surface area contributed by atoms with Crippen molar-refractivity contribution in [2.45, 2.75) is 32.2 Å². The number of hydrogen-bond acceptors (Lipinski definition) is 6. The fourth-order valence-electron chi connectivity index (χ4n) is 3.73. The summed E-state index contributed by atoms with van der Waals surface area (Å²) in [6, 6.07) is 15.9. The third-order valence-corrected chi connectivity index (χ3v) is 5.33. The minimum absolute atomic E-state index is 0.188. The van der Waals surface area contributed by atoms with Crippen LogP contribution in [0.4, 0.5) is 0 Å². The van der Waals surface area contributed by atoms with Crippen LogP contribution in [0.15, 0.2) is 60.3 Å². The van der Waals surface area contributed by atoms with Gasteiger partial charge in [-0.05, 0) is 34.7 Å². The van der Waals surface area contributed by atoms with Gasteiger partial charge in [0.2, 0.25) is 5.82 Å². The predicted molar refractivity (Wildman–Crippen MR) is 113 cm³/mol. The zero-order valence-corrected chi connectivity index (χ0v) is 16.7. The maximum Gasteiger partial charge on any atom is 0.334 e. The van der Waals surface area contributed by atoms with Gasteiger partial charge in [-0.25, -0.2) is 9.80 Å². The van der Waals surface area contributed by atoms with E-state index in [0.29, 0.717) is 17.8 Å². The molecule has 154 valence electrons. The molecule has 0 amide bonds. The minimum atomic E-state index is -0.878. The molecule has 8 heteroatoms. The topological polar surface area (TPSA) is 107 Å². The van der Waals surface area contributed by atoms with Gasteiger partial charge in [-0.15, -0.1) is 10.2 Å². The standard InChI is InChI=1S/C22H24N6O2/c1-2-3-12-28-20(19(14-23-28)22(29)30)13-15-8-10-16(11-9-15)17-6-4-5-7-18(17)21-24-26-27-25-21/h4-11,14,20,23H,2-3,12-13H2,1H3,(H,29,30)(H,24,25,26,27). The van der Waals surface area contributed by atoms with Crippen molar-refractivity contribution in [1.82, 2.24) is 31.1 Å². The van der Waals surface area contributed by atoms with Crippen molar-refractivity contribution in [2.75, 3.05) is 6.54 Å². The van der Waals surface area contributed by atoms with Gasteiger partial charge in [-0.1, -0.05) is 61.9 Å². The van der Waals surface area contributed by atoms with Crippen LogP contribution in [0.5, 0.6) is 0 Å². The van der Waals surface area contributed by atoms with E-state index in [9.17, 15) is 9.90 Å². The highest BCUT2D eigenvalue weighted by atomic mass is 16.4. The molecular weight excluding hydrogens is 380 g/mol. The number of aliphatic carboxylic acids is 1. The number of unbranched alkanes of at least 4 members (excludes halogenated alkanes) is 1. The van der Waals surface area contributed by atoms with Crippen molar-refractivity contribution < 1.29 is 9.90 Å². The molecule has 1 aromatic heterocycles. The number of carbonyl (C=O) groups is 1. The SMILES string of the molecule is CCCCN1NC=C(C(=O)O)C1Cc1ccc(-c2ccccc2-c2nn[nH]n2)cc1. The Labute approximate surface area is 174 Å². The molecular formula is C22H24N6O2. The number of carboxylic acid groups (broad SMARTS) is 1. The molecule has 0 bridgehead atoms. The van der Waals surface area contributed by atoms with E-state index in [0.717, 1.165) is 41.6 Å². The molecule has 0 saturated carbocycles. The lowest BCUT2D eigenvalue weighted by molar-refractivity contribution is -0.133. The van der Waals surface area contributed by atoms with Gasteiger partial charge in [0.15, 0.2) is 0 Å². The predicted octanol–water partition coefficient (Wildman–Crippen LogP) is 3.03. The Kier molecular flexibility index (Phi) is 5.85. The molecule has 0 fully saturated rings. The summed E-state index contributed by atoms with van der Waals surface area (Å²) >= 11 is 0. The van der Waals surface area contributed by atoms with Crippen molar-refractivity contribution in [2.24, 2.45) is 0 Å². The van der Waals surface area contributed by atoms with Gasteiger partial charge in [0.25, 0.3) is 0 Å². The maximum atomic E-state index is 11.7. The number of H-pyrrole nitrogens is 1. The van der Waals surface area contributed by atoms with Gasteiger partial charge in [-0.3, -0.25) is 0 Å². The van der Waals surface area contributed by atoms with Crippen molar-refractivity contribution in [1.29, 1.82) is 0 Å². The smallest absolute Gasteiger partial charge is 0.334 e. The summed E-state index contributed by atoms with van der Waals surface area (Å²) in [4.78, 5) is 11.7. The molecule has 2 heterocycles. The quantitative estimate of drug-likeness (QED) is 0.530. The molecule has 0 saturated heterocycles. The fourth-order valence-corrected chi connectivity index (χ4v) is 3.73. The monoisotopic (exact) mass is 404 g/mol. The largest absolute Gasteiger partial charge is 0.478 e. The number of hydrogen-bond donors (Lipinski definition) is 3. The Balaban J connectivity index is 1.56. The van der Waals surface area contributed by atoms with Crippen molar-refractivity contribution in [3.8, 4) is 22.5 Å². The Hall–Kier alpha value is -3.52.